The highest BCUT2D eigenvalue weighted by atomic mass is 35.5. The van der Waals surface area contributed by atoms with E-state index in [0.29, 0.717) is 0 Å². The lowest BCUT2D eigenvalue weighted by atomic mass is 10.9. The van der Waals surface area contributed by atoms with Crippen molar-refractivity contribution in [3.63, 3.8) is 0 Å². The van der Waals surface area contributed by atoms with Crippen molar-refractivity contribution in [2.24, 2.45) is 0 Å². The zero-order valence-electron chi connectivity index (χ0n) is 4.78. The molecule has 0 aromatic heterocycles. The maximum absolute atomic E-state index is 5.47. The van der Waals surface area contributed by atoms with Crippen LogP contribution in [0.15, 0.2) is 0 Å². The Bertz CT molecular complexity index is 42.7. The molecule has 0 radical (unpaired) electrons. The lowest BCUT2D eigenvalue weighted by molar-refractivity contribution is 0.349. The number of alkyl halides is 1. The summed E-state index contributed by atoms with van der Waals surface area (Å²) in [6.07, 6.45) is 0. The molecule has 0 aliphatic rings. The minimum atomic E-state index is -0.916. The molecule has 1 nitrogen and oxygen atoms in total. The third-order valence-corrected chi connectivity index (χ3v) is 3.31. The van der Waals surface area contributed by atoms with Crippen molar-refractivity contribution >= 4 is 20.6 Å². The van der Waals surface area contributed by atoms with Gasteiger partial charge in [0.05, 0.1) is 0 Å². The van der Waals surface area contributed by atoms with E-state index in [4.69, 9.17) is 16.0 Å². The van der Waals surface area contributed by atoms with Crippen LogP contribution in [0.5, 0.6) is 0 Å². The van der Waals surface area contributed by atoms with Crippen LogP contribution in [-0.2, 0) is 4.43 Å². The summed E-state index contributed by atoms with van der Waals surface area (Å²) in [6.45, 7) is 4.91. The van der Waals surface area contributed by atoms with Gasteiger partial charge in [-0.2, -0.15) is 0 Å². The number of halogens is 1. The molecule has 0 amide bonds. The van der Waals surface area contributed by atoms with Crippen LogP contribution >= 0.6 is 11.6 Å². The summed E-state index contributed by atoms with van der Waals surface area (Å²) >= 11 is 5.47. The highest BCUT2D eigenvalue weighted by molar-refractivity contribution is 6.60. The van der Waals surface area contributed by atoms with Crippen molar-refractivity contribution in [3.05, 3.63) is 0 Å². The second kappa shape index (κ2) is 4.62. The average Bonchev–Trinajstić information content (AvgIpc) is 1.68. The SMILES string of the molecule is CCO[SiH](C)CCl. The molecular weight excluding hydrogens is 128 g/mol. The normalized spacial score (nSPS) is 14.1. The fourth-order valence-electron chi connectivity index (χ4n) is 0.329. The first kappa shape index (κ1) is 7.47. The van der Waals surface area contributed by atoms with Crippen LogP contribution < -0.4 is 0 Å². The smallest absolute Gasteiger partial charge is 0.188 e. The van der Waals surface area contributed by atoms with Crippen LogP contribution in [0.2, 0.25) is 6.55 Å². The van der Waals surface area contributed by atoms with Crippen molar-refractivity contribution in [2.45, 2.75) is 13.5 Å². The van der Waals surface area contributed by atoms with E-state index >= 15 is 0 Å². The number of rotatable bonds is 3. The van der Waals surface area contributed by atoms with E-state index in [1.807, 2.05) is 6.92 Å². The molecule has 0 fully saturated rings. The summed E-state index contributed by atoms with van der Waals surface area (Å²) in [7, 11) is -0.916. The van der Waals surface area contributed by atoms with Crippen molar-refractivity contribution in [1.82, 2.24) is 0 Å². The molecule has 0 aliphatic carbocycles. The zero-order chi connectivity index (χ0) is 5.70. The molecule has 0 N–H and O–H groups in total. The molecule has 0 aromatic rings. The van der Waals surface area contributed by atoms with Crippen molar-refractivity contribution < 1.29 is 4.43 Å². The molecule has 7 heavy (non-hydrogen) atoms. The van der Waals surface area contributed by atoms with Gasteiger partial charge >= 0.3 is 0 Å². The molecule has 1 atom stereocenters. The van der Waals surface area contributed by atoms with Crippen molar-refractivity contribution in [3.8, 4) is 0 Å². The minimum absolute atomic E-state index is 0.730. The van der Waals surface area contributed by atoms with Gasteiger partial charge in [-0.15, -0.1) is 11.6 Å². The zero-order valence-corrected chi connectivity index (χ0v) is 6.69. The molecule has 0 heterocycles. The minimum Gasteiger partial charge on any atom is -0.419 e. The first-order valence-corrected chi connectivity index (χ1v) is 5.46. The molecule has 44 valence electrons. The predicted octanol–water partition coefficient (Wildman–Crippen LogP) is 1.15. The van der Waals surface area contributed by atoms with Gasteiger partial charge in [0, 0.05) is 12.1 Å². The average molecular weight is 139 g/mol. The van der Waals surface area contributed by atoms with Gasteiger partial charge < -0.3 is 4.43 Å². The summed E-state index contributed by atoms with van der Waals surface area (Å²) in [5.74, 6) is 0. The van der Waals surface area contributed by atoms with Crippen LogP contribution in [0.4, 0.5) is 0 Å². The summed E-state index contributed by atoms with van der Waals surface area (Å²) in [5.41, 5.74) is 0.730. The fourth-order valence-corrected chi connectivity index (χ4v) is 1.25. The molecule has 0 aliphatic heterocycles. The lowest BCUT2D eigenvalue weighted by Gasteiger charge is -2.02. The predicted molar refractivity (Wildman–Crippen MR) is 35.4 cm³/mol. The largest absolute Gasteiger partial charge is 0.419 e. The van der Waals surface area contributed by atoms with Crippen LogP contribution in [0.1, 0.15) is 6.92 Å². The first-order chi connectivity index (χ1) is 3.31. The molecule has 0 saturated heterocycles. The number of hydrogen-bond donors (Lipinski definition) is 0. The van der Waals surface area contributed by atoms with E-state index in [1.165, 1.54) is 0 Å². The van der Waals surface area contributed by atoms with Crippen LogP contribution in [0.25, 0.3) is 0 Å². The van der Waals surface area contributed by atoms with Crippen LogP contribution in [0, 0.1) is 0 Å². The summed E-state index contributed by atoms with van der Waals surface area (Å²) in [4.78, 5) is 0. The second-order valence-electron chi connectivity index (χ2n) is 1.42. The van der Waals surface area contributed by atoms with E-state index in [1.54, 1.807) is 0 Å². The molecular formula is C4H11ClOSi. The third-order valence-electron chi connectivity index (χ3n) is 0.668. The van der Waals surface area contributed by atoms with E-state index in [9.17, 15) is 0 Å². The van der Waals surface area contributed by atoms with Gasteiger partial charge in [0.1, 0.15) is 0 Å². The van der Waals surface area contributed by atoms with E-state index in [2.05, 4.69) is 6.55 Å². The quantitative estimate of drug-likeness (QED) is 0.420. The highest BCUT2D eigenvalue weighted by Gasteiger charge is 1.97. The maximum Gasteiger partial charge on any atom is 0.188 e. The van der Waals surface area contributed by atoms with E-state index in [0.717, 1.165) is 12.1 Å². The van der Waals surface area contributed by atoms with Gasteiger partial charge in [-0.1, -0.05) is 0 Å². The Labute approximate surface area is 51.4 Å². The molecule has 1 unspecified atom stereocenters. The standard InChI is InChI=1S/C4H11ClOSi/c1-3-6-7(2)4-5/h7H,3-4H2,1-2H3. The molecule has 0 saturated carbocycles. The second-order valence-corrected chi connectivity index (χ2v) is 4.61. The Morgan fingerprint density at radius 3 is 2.43 bits per heavy atom. The Hall–Kier alpha value is 0.467. The lowest BCUT2D eigenvalue weighted by Crippen LogP contribution is -2.14. The summed E-state index contributed by atoms with van der Waals surface area (Å²) in [6, 6.07) is 0. The Kier molecular flexibility index (Phi) is 4.93. The van der Waals surface area contributed by atoms with E-state index in [-0.39, 0.29) is 0 Å². The highest BCUT2D eigenvalue weighted by Crippen LogP contribution is 1.86. The summed E-state index contributed by atoms with van der Waals surface area (Å²) in [5, 5.41) is 0. The summed E-state index contributed by atoms with van der Waals surface area (Å²) < 4.78 is 5.20. The Balaban J connectivity index is 2.83. The van der Waals surface area contributed by atoms with Crippen molar-refractivity contribution in [2.75, 3.05) is 12.1 Å². The molecule has 0 bridgehead atoms. The van der Waals surface area contributed by atoms with Gasteiger partial charge in [-0.25, -0.2) is 0 Å². The fraction of sp³-hybridized carbons (Fsp3) is 1.00. The Morgan fingerprint density at radius 1 is 1.71 bits per heavy atom. The monoisotopic (exact) mass is 138 g/mol. The van der Waals surface area contributed by atoms with Gasteiger partial charge in [-0.3, -0.25) is 0 Å². The van der Waals surface area contributed by atoms with Crippen molar-refractivity contribution in [1.29, 1.82) is 0 Å². The Morgan fingerprint density at radius 2 is 2.29 bits per heavy atom. The topological polar surface area (TPSA) is 9.23 Å². The number of hydrogen-bond acceptors (Lipinski definition) is 1. The van der Waals surface area contributed by atoms with Gasteiger partial charge in [0.2, 0.25) is 0 Å². The first-order valence-electron chi connectivity index (χ1n) is 2.48. The molecule has 0 aromatic carbocycles. The van der Waals surface area contributed by atoms with Gasteiger partial charge in [0.25, 0.3) is 0 Å². The third kappa shape index (κ3) is 4.32. The molecule has 0 spiro atoms. The maximum atomic E-state index is 5.47. The molecule has 3 heteroatoms. The van der Waals surface area contributed by atoms with E-state index < -0.39 is 9.04 Å². The van der Waals surface area contributed by atoms with Gasteiger partial charge in [-0.05, 0) is 13.5 Å². The van der Waals surface area contributed by atoms with Crippen LogP contribution in [-0.4, -0.2) is 21.2 Å². The van der Waals surface area contributed by atoms with Gasteiger partial charge in [0.15, 0.2) is 9.04 Å². The van der Waals surface area contributed by atoms with Crippen LogP contribution in [0.3, 0.4) is 0 Å². The molecule has 0 rings (SSSR count).